The first-order valence-corrected chi connectivity index (χ1v) is 7.50. The van der Waals surface area contributed by atoms with Gasteiger partial charge in [-0.1, -0.05) is 44.0 Å². The molecule has 4 nitrogen and oxygen atoms in total. The van der Waals surface area contributed by atoms with Crippen LogP contribution >= 0.6 is 34.5 Å². The molecule has 0 aliphatic carbocycles. The molecule has 0 radical (unpaired) electrons. The van der Waals surface area contributed by atoms with Crippen LogP contribution in [0.3, 0.4) is 0 Å². The van der Waals surface area contributed by atoms with Crippen molar-refractivity contribution < 1.29 is 4.79 Å². The van der Waals surface area contributed by atoms with E-state index in [1.54, 1.807) is 0 Å². The van der Waals surface area contributed by atoms with E-state index in [-0.39, 0.29) is 21.6 Å². The smallest absolute Gasteiger partial charge is 0.257 e. The van der Waals surface area contributed by atoms with Gasteiger partial charge >= 0.3 is 0 Å². The average molecular weight is 330 g/mol. The second kappa shape index (κ2) is 5.68. The van der Waals surface area contributed by atoms with Crippen LogP contribution in [0.1, 0.15) is 36.8 Å². The fraction of sp³-hybridized carbons (Fsp3) is 0.308. The van der Waals surface area contributed by atoms with Gasteiger partial charge in [0.25, 0.3) is 5.91 Å². The number of carbonyl (C=O) groups excluding carboxylic acids is 1. The van der Waals surface area contributed by atoms with Crippen LogP contribution in [0.4, 0.5) is 5.13 Å². The summed E-state index contributed by atoms with van der Waals surface area (Å²) in [6, 6.07) is 2.92. The Hall–Kier alpha value is -1.17. The maximum atomic E-state index is 12.1. The van der Waals surface area contributed by atoms with Crippen LogP contribution in [-0.4, -0.2) is 15.9 Å². The summed E-state index contributed by atoms with van der Waals surface area (Å²) in [6.45, 7) is 6.20. The zero-order valence-electron chi connectivity index (χ0n) is 11.2. The Kier molecular flexibility index (Phi) is 4.32. The van der Waals surface area contributed by atoms with Crippen molar-refractivity contribution in [3.63, 3.8) is 0 Å². The SMILES string of the molecule is CC(C)(C)c1csc(NC(=O)c2cc(Cl)nc(Cl)c2)n1. The molecule has 1 N–H and O–H groups in total. The topological polar surface area (TPSA) is 54.9 Å². The van der Waals surface area contributed by atoms with E-state index in [1.807, 2.05) is 5.38 Å². The average Bonchev–Trinajstić information content (AvgIpc) is 2.75. The number of thiazole rings is 1. The number of hydrogen-bond acceptors (Lipinski definition) is 4. The summed E-state index contributed by atoms with van der Waals surface area (Å²) in [7, 11) is 0. The molecule has 20 heavy (non-hydrogen) atoms. The van der Waals surface area contributed by atoms with E-state index in [1.165, 1.54) is 23.5 Å². The third-order valence-corrected chi connectivity index (χ3v) is 3.66. The number of hydrogen-bond donors (Lipinski definition) is 1. The Morgan fingerprint density at radius 1 is 1.20 bits per heavy atom. The van der Waals surface area contributed by atoms with Crippen molar-refractivity contribution in [1.82, 2.24) is 9.97 Å². The monoisotopic (exact) mass is 329 g/mol. The van der Waals surface area contributed by atoms with Crippen LogP contribution in [0.15, 0.2) is 17.5 Å². The van der Waals surface area contributed by atoms with Gasteiger partial charge in [0.15, 0.2) is 5.13 Å². The molecule has 2 aromatic heterocycles. The predicted molar refractivity (Wildman–Crippen MR) is 83.0 cm³/mol. The summed E-state index contributed by atoms with van der Waals surface area (Å²) in [5.74, 6) is -0.314. The number of nitrogens with zero attached hydrogens (tertiary/aromatic N) is 2. The lowest BCUT2D eigenvalue weighted by atomic mass is 9.93. The molecular formula is C13H13Cl2N3OS. The lowest BCUT2D eigenvalue weighted by Crippen LogP contribution is -2.14. The zero-order valence-corrected chi connectivity index (χ0v) is 13.5. The van der Waals surface area contributed by atoms with Crippen molar-refractivity contribution in [2.75, 3.05) is 5.32 Å². The van der Waals surface area contributed by atoms with Gasteiger partial charge in [0, 0.05) is 16.4 Å². The summed E-state index contributed by atoms with van der Waals surface area (Å²) in [5, 5.41) is 5.56. The molecule has 106 valence electrons. The molecule has 0 aliphatic heterocycles. The fourth-order valence-electron chi connectivity index (χ4n) is 1.44. The Morgan fingerprint density at radius 2 is 1.80 bits per heavy atom. The molecule has 7 heteroatoms. The number of nitrogens with one attached hydrogen (secondary N) is 1. The molecule has 0 saturated carbocycles. The van der Waals surface area contributed by atoms with Crippen LogP contribution in [-0.2, 0) is 5.41 Å². The first kappa shape index (κ1) is 15.2. The summed E-state index contributed by atoms with van der Waals surface area (Å²) in [6.07, 6.45) is 0. The van der Waals surface area contributed by atoms with Crippen molar-refractivity contribution in [2.45, 2.75) is 26.2 Å². The summed E-state index contributed by atoms with van der Waals surface area (Å²) < 4.78 is 0. The largest absolute Gasteiger partial charge is 0.298 e. The molecule has 0 saturated heterocycles. The van der Waals surface area contributed by atoms with E-state index >= 15 is 0 Å². The quantitative estimate of drug-likeness (QED) is 0.831. The molecule has 0 atom stereocenters. The van der Waals surface area contributed by atoms with Gasteiger partial charge in [0.1, 0.15) is 10.3 Å². The van der Waals surface area contributed by atoms with Gasteiger partial charge in [0.2, 0.25) is 0 Å². The Labute approximate surface area is 131 Å². The first-order chi connectivity index (χ1) is 9.25. The Bertz CT molecular complexity index is 629. The number of halogens is 2. The van der Waals surface area contributed by atoms with Crippen molar-refractivity contribution in [1.29, 1.82) is 0 Å². The second-order valence-electron chi connectivity index (χ2n) is 5.24. The number of anilines is 1. The maximum absolute atomic E-state index is 12.1. The van der Waals surface area contributed by atoms with Crippen LogP contribution in [0.2, 0.25) is 10.3 Å². The molecule has 2 rings (SSSR count). The molecule has 1 amide bonds. The molecule has 0 spiro atoms. The number of aromatic nitrogens is 2. The molecule has 0 aromatic carbocycles. The van der Waals surface area contributed by atoms with Crippen LogP contribution in [0, 0.1) is 0 Å². The predicted octanol–water partition coefficient (Wildman–Crippen LogP) is 4.39. The van der Waals surface area contributed by atoms with Crippen LogP contribution < -0.4 is 5.32 Å². The second-order valence-corrected chi connectivity index (χ2v) is 6.88. The van der Waals surface area contributed by atoms with Gasteiger partial charge in [-0.25, -0.2) is 9.97 Å². The number of amides is 1. The highest BCUT2D eigenvalue weighted by molar-refractivity contribution is 7.14. The van der Waals surface area contributed by atoms with Crippen LogP contribution in [0.5, 0.6) is 0 Å². The summed E-state index contributed by atoms with van der Waals surface area (Å²) in [5.41, 5.74) is 1.23. The number of carbonyl (C=O) groups is 1. The van der Waals surface area contributed by atoms with Crippen molar-refractivity contribution in [2.24, 2.45) is 0 Å². The lowest BCUT2D eigenvalue weighted by molar-refractivity contribution is 0.102. The van der Waals surface area contributed by atoms with Gasteiger partial charge in [-0.2, -0.15) is 0 Å². The summed E-state index contributed by atoms with van der Waals surface area (Å²) in [4.78, 5) is 20.3. The minimum absolute atomic E-state index is 0.0528. The minimum Gasteiger partial charge on any atom is -0.298 e. The van der Waals surface area contributed by atoms with Gasteiger partial charge < -0.3 is 0 Å². The van der Waals surface area contributed by atoms with Gasteiger partial charge in [0.05, 0.1) is 5.69 Å². The van der Waals surface area contributed by atoms with Gasteiger partial charge in [-0.15, -0.1) is 11.3 Å². The third-order valence-electron chi connectivity index (χ3n) is 2.52. The van der Waals surface area contributed by atoms with Crippen molar-refractivity contribution >= 4 is 45.6 Å². The standard InChI is InChI=1S/C13H13Cl2N3OS/c1-13(2,3)8-6-20-12(16-8)18-11(19)7-4-9(14)17-10(15)5-7/h4-6H,1-3H3,(H,16,18,19). The zero-order chi connectivity index (χ0) is 14.9. The van der Waals surface area contributed by atoms with E-state index < -0.39 is 0 Å². The van der Waals surface area contributed by atoms with Crippen LogP contribution in [0.25, 0.3) is 0 Å². The van der Waals surface area contributed by atoms with Crippen molar-refractivity contribution in [3.05, 3.63) is 39.1 Å². The lowest BCUT2D eigenvalue weighted by Gasteiger charge is -2.14. The van der Waals surface area contributed by atoms with Gasteiger partial charge in [-0.05, 0) is 12.1 Å². The number of rotatable bonds is 2. The third kappa shape index (κ3) is 3.69. The highest BCUT2D eigenvalue weighted by Crippen LogP contribution is 2.26. The summed E-state index contributed by atoms with van der Waals surface area (Å²) >= 11 is 12.9. The molecule has 0 bridgehead atoms. The Morgan fingerprint density at radius 3 is 2.30 bits per heavy atom. The molecule has 0 aliphatic rings. The van der Waals surface area contributed by atoms with E-state index in [0.717, 1.165) is 5.69 Å². The molecule has 2 aromatic rings. The molecule has 0 unspecified atom stereocenters. The Balaban J connectivity index is 2.17. The van der Waals surface area contributed by atoms with E-state index in [2.05, 4.69) is 36.1 Å². The van der Waals surface area contributed by atoms with E-state index in [9.17, 15) is 4.79 Å². The van der Waals surface area contributed by atoms with E-state index in [4.69, 9.17) is 23.2 Å². The molecule has 0 fully saturated rings. The number of pyridine rings is 1. The van der Waals surface area contributed by atoms with Gasteiger partial charge in [-0.3, -0.25) is 10.1 Å². The minimum atomic E-state index is -0.314. The highest BCUT2D eigenvalue weighted by Gasteiger charge is 2.18. The molecule has 2 heterocycles. The normalized spacial score (nSPS) is 11.4. The first-order valence-electron chi connectivity index (χ1n) is 5.86. The highest BCUT2D eigenvalue weighted by atomic mass is 35.5. The van der Waals surface area contributed by atoms with Crippen molar-refractivity contribution in [3.8, 4) is 0 Å². The van der Waals surface area contributed by atoms with E-state index in [0.29, 0.717) is 10.7 Å². The molecular weight excluding hydrogens is 317 g/mol. The fourth-order valence-corrected chi connectivity index (χ4v) is 2.83. The maximum Gasteiger partial charge on any atom is 0.257 e.